The number of carbonyl (C=O) groups is 2. The molecular weight excluding hydrogens is 349 g/mol. The van der Waals surface area contributed by atoms with E-state index < -0.39 is 35.0 Å². The number of nitrogens with one attached hydrogen (secondary N) is 2. The number of likely N-dealkylation sites (N-methyl/N-ethyl adjacent to an activating group) is 1. The maximum atomic E-state index is 13.6. The van der Waals surface area contributed by atoms with Crippen LogP contribution < -0.4 is 10.6 Å². The van der Waals surface area contributed by atoms with Crippen molar-refractivity contribution in [2.75, 3.05) is 32.5 Å². The van der Waals surface area contributed by atoms with Gasteiger partial charge in [-0.2, -0.15) is 0 Å². The minimum Gasteiger partial charge on any atom is -0.351 e. The van der Waals surface area contributed by atoms with Gasteiger partial charge in [0.2, 0.25) is 0 Å². The standard InChI is InChI=1S/C17H17F3N4O2/c1-24(2)8-7-22-16(25)10-5-6-21-13(9-10)17(26)23-12-4-3-11(18)14(19)15(12)20/h3-6,9H,7-8H2,1-2H3,(H,22,25)(H,23,26). The van der Waals surface area contributed by atoms with Crippen molar-refractivity contribution in [2.24, 2.45) is 0 Å². The quantitative estimate of drug-likeness (QED) is 0.768. The van der Waals surface area contributed by atoms with Crippen molar-refractivity contribution in [3.05, 3.63) is 59.2 Å². The molecule has 1 heterocycles. The predicted octanol–water partition coefficient (Wildman–Crippen LogP) is 2.04. The molecule has 1 aromatic heterocycles. The highest BCUT2D eigenvalue weighted by atomic mass is 19.2. The Morgan fingerprint density at radius 2 is 1.81 bits per heavy atom. The summed E-state index contributed by atoms with van der Waals surface area (Å²) in [5.74, 6) is -5.84. The Labute approximate surface area is 148 Å². The summed E-state index contributed by atoms with van der Waals surface area (Å²) in [4.78, 5) is 29.9. The van der Waals surface area contributed by atoms with E-state index in [9.17, 15) is 22.8 Å². The van der Waals surface area contributed by atoms with Crippen molar-refractivity contribution < 1.29 is 22.8 Å². The lowest BCUT2D eigenvalue weighted by atomic mass is 10.2. The molecule has 0 radical (unpaired) electrons. The molecule has 9 heteroatoms. The smallest absolute Gasteiger partial charge is 0.274 e. The molecular formula is C17H17F3N4O2. The number of carbonyl (C=O) groups excluding carboxylic acids is 2. The molecule has 138 valence electrons. The Morgan fingerprint density at radius 1 is 1.08 bits per heavy atom. The summed E-state index contributed by atoms with van der Waals surface area (Å²) in [5.41, 5.74) is -0.513. The summed E-state index contributed by atoms with van der Waals surface area (Å²) >= 11 is 0. The van der Waals surface area contributed by atoms with Crippen LogP contribution in [0.4, 0.5) is 18.9 Å². The highest BCUT2D eigenvalue weighted by Crippen LogP contribution is 2.20. The lowest BCUT2D eigenvalue weighted by molar-refractivity contribution is 0.0951. The minimum absolute atomic E-state index is 0.172. The highest BCUT2D eigenvalue weighted by molar-refractivity contribution is 6.04. The molecule has 0 fully saturated rings. The van der Waals surface area contributed by atoms with E-state index in [1.54, 1.807) is 0 Å². The second kappa shape index (κ2) is 8.43. The Bertz CT molecular complexity index is 828. The molecule has 26 heavy (non-hydrogen) atoms. The second-order valence-electron chi connectivity index (χ2n) is 5.67. The first-order valence-corrected chi connectivity index (χ1v) is 7.63. The van der Waals surface area contributed by atoms with Gasteiger partial charge < -0.3 is 15.5 Å². The number of aromatic nitrogens is 1. The highest BCUT2D eigenvalue weighted by Gasteiger charge is 2.17. The maximum absolute atomic E-state index is 13.6. The molecule has 0 aliphatic heterocycles. The molecule has 0 unspecified atom stereocenters. The molecule has 0 saturated carbocycles. The van der Waals surface area contributed by atoms with Gasteiger partial charge in [0.1, 0.15) is 5.69 Å². The fraction of sp³-hybridized carbons (Fsp3) is 0.235. The van der Waals surface area contributed by atoms with E-state index in [0.717, 1.165) is 6.07 Å². The van der Waals surface area contributed by atoms with E-state index in [1.165, 1.54) is 18.3 Å². The fourth-order valence-electron chi connectivity index (χ4n) is 2.00. The van der Waals surface area contributed by atoms with E-state index in [0.29, 0.717) is 19.2 Å². The summed E-state index contributed by atoms with van der Waals surface area (Å²) in [6.07, 6.45) is 1.25. The summed E-state index contributed by atoms with van der Waals surface area (Å²) in [6.45, 7) is 1.05. The summed E-state index contributed by atoms with van der Waals surface area (Å²) in [7, 11) is 3.72. The molecule has 6 nitrogen and oxygen atoms in total. The molecule has 0 aliphatic carbocycles. The molecule has 2 amide bonds. The van der Waals surface area contributed by atoms with Gasteiger partial charge in [0.15, 0.2) is 17.5 Å². The second-order valence-corrected chi connectivity index (χ2v) is 5.67. The average Bonchev–Trinajstić information content (AvgIpc) is 2.62. The molecule has 0 saturated heterocycles. The molecule has 0 atom stereocenters. The van der Waals surface area contributed by atoms with Gasteiger partial charge in [-0.15, -0.1) is 0 Å². The first-order valence-electron chi connectivity index (χ1n) is 7.63. The van der Waals surface area contributed by atoms with Gasteiger partial charge in [-0.25, -0.2) is 13.2 Å². The third-order valence-electron chi connectivity index (χ3n) is 3.38. The van der Waals surface area contributed by atoms with Crippen LogP contribution in [0.15, 0.2) is 30.5 Å². The first kappa shape index (κ1) is 19.4. The molecule has 0 spiro atoms. The summed E-state index contributed by atoms with van der Waals surface area (Å²) < 4.78 is 39.8. The zero-order valence-electron chi connectivity index (χ0n) is 14.1. The van der Waals surface area contributed by atoms with Gasteiger partial charge in [-0.3, -0.25) is 14.6 Å². The van der Waals surface area contributed by atoms with E-state index in [4.69, 9.17) is 0 Å². The van der Waals surface area contributed by atoms with Crippen LogP contribution >= 0.6 is 0 Å². The Kier molecular flexibility index (Phi) is 6.29. The number of anilines is 1. The van der Waals surface area contributed by atoms with Crippen molar-refractivity contribution in [1.29, 1.82) is 0 Å². The minimum atomic E-state index is -1.69. The monoisotopic (exact) mass is 366 g/mol. The Morgan fingerprint density at radius 3 is 2.50 bits per heavy atom. The topological polar surface area (TPSA) is 74.3 Å². The van der Waals surface area contributed by atoms with Crippen molar-refractivity contribution in [3.8, 4) is 0 Å². The molecule has 0 bridgehead atoms. The van der Waals surface area contributed by atoms with E-state index >= 15 is 0 Å². The van der Waals surface area contributed by atoms with Crippen LogP contribution in [-0.4, -0.2) is 48.9 Å². The van der Waals surface area contributed by atoms with Crippen LogP contribution in [0.2, 0.25) is 0 Å². The van der Waals surface area contributed by atoms with Crippen molar-refractivity contribution in [2.45, 2.75) is 0 Å². The van der Waals surface area contributed by atoms with E-state index in [1.807, 2.05) is 19.0 Å². The van der Waals surface area contributed by atoms with Crippen molar-refractivity contribution in [3.63, 3.8) is 0 Å². The maximum Gasteiger partial charge on any atom is 0.274 e. The normalized spacial score (nSPS) is 10.7. The summed E-state index contributed by atoms with van der Waals surface area (Å²) in [6, 6.07) is 4.22. The van der Waals surface area contributed by atoms with Gasteiger partial charge >= 0.3 is 0 Å². The number of hydrogen-bond acceptors (Lipinski definition) is 4. The zero-order valence-corrected chi connectivity index (χ0v) is 14.1. The third kappa shape index (κ3) is 4.79. The number of hydrogen-bond donors (Lipinski definition) is 2. The number of amides is 2. The van der Waals surface area contributed by atoms with Crippen LogP contribution in [0.5, 0.6) is 0 Å². The largest absolute Gasteiger partial charge is 0.351 e. The number of nitrogens with zero attached hydrogens (tertiary/aromatic N) is 2. The molecule has 2 rings (SSSR count). The first-order chi connectivity index (χ1) is 12.3. The van der Waals surface area contributed by atoms with Gasteiger partial charge in [0, 0.05) is 24.8 Å². The van der Waals surface area contributed by atoms with Crippen LogP contribution in [-0.2, 0) is 0 Å². The lowest BCUT2D eigenvalue weighted by Crippen LogP contribution is -2.31. The van der Waals surface area contributed by atoms with Crippen LogP contribution in [0.1, 0.15) is 20.8 Å². The van der Waals surface area contributed by atoms with Crippen LogP contribution in [0, 0.1) is 17.5 Å². The van der Waals surface area contributed by atoms with Crippen LogP contribution in [0.25, 0.3) is 0 Å². The van der Waals surface area contributed by atoms with E-state index in [2.05, 4.69) is 15.6 Å². The lowest BCUT2D eigenvalue weighted by Gasteiger charge is -2.11. The number of pyridine rings is 1. The van der Waals surface area contributed by atoms with Gasteiger partial charge in [0.05, 0.1) is 5.69 Å². The van der Waals surface area contributed by atoms with E-state index in [-0.39, 0.29) is 11.3 Å². The third-order valence-corrected chi connectivity index (χ3v) is 3.38. The number of halogens is 3. The van der Waals surface area contributed by atoms with Gasteiger partial charge in [0.25, 0.3) is 11.8 Å². The van der Waals surface area contributed by atoms with Crippen molar-refractivity contribution >= 4 is 17.5 Å². The fourth-order valence-corrected chi connectivity index (χ4v) is 2.00. The molecule has 2 N–H and O–H groups in total. The SMILES string of the molecule is CN(C)CCNC(=O)c1ccnc(C(=O)Nc2ccc(F)c(F)c2F)c1. The Hall–Kier alpha value is -2.94. The average molecular weight is 366 g/mol. The molecule has 1 aromatic carbocycles. The predicted molar refractivity (Wildman–Crippen MR) is 89.4 cm³/mol. The van der Waals surface area contributed by atoms with Crippen molar-refractivity contribution in [1.82, 2.24) is 15.2 Å². The molecule has 0 aliphatic rings. The van der Waals surface area contributed by atoms with Crippen LogP contribution in [0.3, 0.4) is 0 Å². The summed E-state index contributed by atoms with van der Waals surface area (Å²) in [5, 5.41) is 4.77. The number of rotatable bonds is 6. The molecule has 2 aromatic rings. The number of benzene rings is 1. The van der Waals surface area contributed by atoms with Gasteiger partial charge in [-0.1, -0.05) is 0 Å². The Balaban J connectivity index is 2.11. The van der Waals surface area contributed by atoms with Gasteiger partial charge in [-0.05, 0) is 38.4 Å². The zero-order chi connectivity index (χ0) is 19.3.